The maximum atomic E-state index is 8.55. The van der Waals surface area contributed by atoms with Gasteiger partial charge in [0.15, 0.2) is 0 Å². The first-order chi connectivity index (χ1) is 4.00. The molecule has 5 nitrogen and oxygen atoms in total. The van der Waals surface area contributed by atoms with E-state index in [1.165, 1.54) is 0 Å². The third-order valence-corrected chi connectivity index (χ3v) is 0. The Morgan fingerprint density at radius 2 is 1.00 bits per heavy atom. The van der Waals surface area contributed by atoms with Gasteiger partial charge in [0.05, 0.1) is 28.2 Å². The van der Waals surface area contributed by atoms with Crippen LogP contribution >= 0.6 is 7.82 Å². The van der Waals surface area contributed by atoms with Crippen molar-refractivity contribution in [2.45, 2.75) is 0 Å². The molecule has 64 valence electrons. The van der Waals surface area contributed by atoms with E-state index in [0.717, 1.165) is 4.48 Å². The number of hydrogen-bond donors (Lipinski definition) is 0. The van der Waals surface area contributed by atoms with Crippen molar-refractivity contribution in [3.8, 4) is 0 Å². The molecular weight excluding hydrogens is 157 g/mol. The first-order valence-corrected chi connectivity index (χ1v) is 3.98. The van der Waals surface area contributed by atoms with E-state index in [9.17, 15) is 0 Å². The van der Waals surface area contributed by atoms with Crippen LogP contribution in [0.1, 0.15) is 0 Å². The van der Waals surface area contributed by atoms with Crippen molar-refractivity contribution >= 4 is 7.82 Å². The van der Waals surface area contributed by atoms with Gasteiger partial charge in [-0.25, -0.2) is 0 Å². The van der Waals surface area contributed by atoms with Gasteiger partial charge >= 0.3 is 0 Å². The summed E-state index contributed by atoms with van der Waals surface area (Å²) in [4.78, 5) is 25.6. The Balaban J connectivity index is 0. The van der Waals surface area contributed by atoms with E-state index < -0.39 is 7.82 Å². The maximum Gasteiger partial charge on any atom is 0.0675 e. The third kappa shape index (κ3) is 82300. The second kappa shape index (κ2) is 4.05. The molecule has 0 saturated heterocycles. The fourth-order valence-corrected chi connectivity index (χ4v) is 0. The van der Waals surface area contributed by atoms with Gasteiger partial charge in [0.1, 0.15) is 0 Å². The van der Waals surface area contributed by atoms with Crippen molar-refractivity contribution in [2.75, 3.05) is 28.2 Å². The Morgan fingerprint density at radius 3 is 1.00 bits per heavy atom. The van der Waals surface area contributed by atoms with Crippen molar-refractivity contribution < 1.29 is 23.7 Å². The van der Waals surface area contributed by atoms with Crippen LogP contribution in [-0.4, -0.2) is 32.7 Å². The van der Waals surface area contributed by atoms with E-state index in [4.69, 9.17) is 19.2 Å². The number of rotatable bonds is 0. The second-order valence-corrected chi connectivity index (χ2v) is 4.02. The Labute approximate surface area is 60.7 Å². The van der Waals surface area contributed by atoms with Crippen LogP contribution in [0.25, 0.3) is 0 Å². The molecule has 0 fully saturated rings. The molecule has 0 unspecified atom stereocenters. The van der Waals surface area contributed by atoms with Crippen LogP contribution in [0.2, 0.25) is 0 Å². The molecule has 0 aliphatic rings. The lowest BCUT2D eigenvalue weighted by molar-refractivity contribution is -0.849. The highest BCUT2D eigenvalue weighted by atomic mass is 31.2. The van der Waals surface area contributed by atoms with E-state index in [0.29, 0.717) is 0 Å². The second-order valence-electron chi connectivity index (χ2n) is 3.13. The minimum absolute atomic E-state index is 1.00. The van der Waals surface area contributed by atoms with Gasteiger partial charge in [-0.15, -0.1) is 0 Å². The van der Waals surface area contributed by atoms with E-state index in [-0.39, 0.29) is 0 Å². The molecule has 0 aromatic heterocycles. The van der Waals surface area contributed by atoms with Gasteiger partial charge in [0, 0.05) is 0 Å². The fourth-order valence-electron chi connectivity index (χ4n) is 0. The lowest BCUT2D eigenvalue weighted by Crippen LogP contribution is -2.27. The van der Waals surface area contributed by atoms with Gasteiger partial charge in [0.25, 0.3) is 0 Å². The Hall–Kier alpha value is 0.0700. The van der Waals surface area contributed by atoms with Crippen LogP contribution in [0.4, 0.5) is 0 Å². The minimum atomic E-state index is -5.39. The fraction of sp³-hybridized carbons (Fsp3) is 1.00. The van der Waals surface area contributed by atoms with Crippen LogP contribution in [0.3, 0.4) is 0 Å². The average Bonchev–Trinajstić information content (AvgIpc) is 1.12. The molecule has 0 rings (SSSR count). The van der Waals surface area contributed by atoms with Crippen molar-refractivity contribution in [1.29, 1.82) is 0 Å². The number of quaternary nitrogens is 1. The summed E-state index contributed by atoms with van der Waals surface area (Å²) < 4.78 is 9.55. The smallest absolute Gasteiger partial charge is 0.0675 e. The summed E-state index contributed by atoms with van der Waals surface area (Å²) in [5.74, 6) is 0. The molecule has 0 saturated carbocycles. The van der Waals surface area contributed by atoms with Crippen molar-refractivity contribution in [2.24, 2.45) is 0 Å². The number of nitrogens with zero attached hydrogens (tertiary/aromatic N) is 1. The summed E-state index contributed by atoms with van der Waals surface area (Å²) in [6.07, 6.45) is 0. The van der Waals surface area contributed by atoms with Crippen LogP contribution < -0.4 is 14.7 Å². The van der Waals surface area contributed by atoms with Gasteiger partial charge in [-0.3, -0.25) is 0 Å². The van der Waals surface area contributed by atoms with E-state index in [2.05, 4.69) is 28.2 Å². The largest absolute Gasteiger partial charge is 0.822 e. The van der Waals surface area contributed by atoms with Crippen LogP contribution in [-0.2, 0) is 4.57 Å². The van der Waals surface area contributed by atoms with Crippen LogP contribution in [0.15, 0.2) is 0 Å². The number of phosphoric acid groups is 1. The molecule has 0 bridgehead atoms. The Kier molecular flexibility index (Phi) is 5.16. The van der Waals surface area contributed by atoms with Crippen LogP contribution in [0, 0.1) is 0 Å². The number of hydrogen-bond acceptors (Lipinski definition) is 4. The quantitative estimate of drug-likeness (QED) is 0.296. The molecule has 10 heavy (non-hydrogen) atoms. The minimum Gasteiger partial charge on any atom is -0.822 e. The highest BCUT2D eigenvalue weighted by molar-refractivity contribution is 7.40. The lowest BCUT2D eigenvalue weighted by atomic mass is 10.8. The standard InChI is InChI=1S/C4H12N.H3O4P/c2*1-5(2,3)4/h1-4H3;(H3,1,2,3,4)/q+1;/p-3. The molecule has 0 heterocycles. The zero-order chi connectivity index (χ0) is 9.00. The molecule has 0 N–H and O–H groups in total. The van der Waals surface area contributed by atoms with E-state index in [1.807, 2.05) is 0 Å². The van der Waals surface area contributed by atoms with Crippen molar-refractivity contribution in [3.05, 3.63) is 0 Å². The van der Waals surface area contributed by atoms with Crippen molar-refractivity contribution in [1.82, 2.24) is 0 Å². The molecule has 0 aromatic rings. The average molecular weight is 169 g/mol. The topological polar surface area (TPSA) is 86.2 Å². The molecule has 0 aromatic carbocycles. The first kappa shape index (κ1) is 12.7. The summed E-state index contributed by atoms with van der Waals surface area (Å²) in [5, 5.41) is 0. The molecular formula is C4H12NO4P-2. The third-order valence-electron chi connectivity index (χ3n) is 0. The Bertz CT molecular complexity index is 109. The summed E-state index contributed by atoms with van der Waals surface area (Å²) in [5.41, 5.74) is 0. The highest BCUT2D eigenvalue weighted by Gasteiger charge is 1.88. The van der Waals surface area contributed by atoms with Gasteiger partial charge in [-0.05, 0) is 0 Å². The SMILES string of the molecule is C[N+](C)(C)C.O=P([O-])([O-])[O-]. The summed E-state index contributed by atoms with van der Waals surface area (Å²) in [7, 11) is 3.11. The van der Waals surface area contributed by atoms with Crippen molar-refractivity contribution in [3.63, 3.8) is 0 Å². The highest BCUT2D eigenvalue weighted by Crippen LogP contribution is 2.03. The lowest BCUT2D eigenvalue weighted by Gasteiger charge is -2.36. The molecule has 0 spiro atoms. The zero-order valence-corrected chi connectivity index (χ0v) is 7.42. The summed E-state index contributed by atoms with van der Waals surface area (Å²) in [6.45, 7) is 0. The summed E-state index contributed by atoms with van der Waals surface area (Å²) in [6, 6.07) is 0. The molecule has 0 aliphatic carbocycles. The van der Waals surface area contributed by atoms with Gasteiger partial charge in [0.2, 0.25) is 0 Å². The first-order valence-electron chi connectivity index (χ1n) is 2.52. The molecule has 0 aliphatic heterocycles. The summed E-state index contributed by atoms with van der Waals surface area (Å²) >= 11 is 0. The monoisotopic (exact) mass is 169 g/mol. The molecule has 6 heteroatoms. The Morgan fingerprint density at radius 1 is 1.00 bits per heavy atom. The van der Waals surface area contributed by atoms with Gasteiger partial charge in [-0.2, -0.15) is 7.82 Å². The zero-order valence-electron chi connectivity index (χ0n) is 6.53. The van der Waals surface area contributed by atoms with Crippen LogP contribution in [0.5, 0.6) is 0 Å². The van der Waals surface area contributed by atoms with Gasteiger partial charge < -0.3 is 23.7 Å². The normalized spacial score (nSPS) is 11.9. The maximum absolute atomic E-state index is 8.55. The predicted molar refractivity (Wildman–Crippen MR) is 31.6 cm³/mol. The molecule has 0 atom stereocenters. The van der Waals surface area contributed by atoms with E-state index in [1.54, 1.807) is 0 Å². The molecule has 0 amide bonds. The predicted octanol–water partition coefficient (Wildman–Crippen LogP) is -2.50. The van der Waals surface area contributed by atoms with E-state index >= 15 is 0 Å². The molecule has 0 radical (unpaired) electrons. The van der Waals surface area contributed by atoms with Gasteiger partial charge in [-0.1, -0.05) is 0 Å².